The first-order chi connectivity index (χ1) is 13.2. The number of imidazole rings is 1. The van der Waals surface area contributed by atoms with E-state index in [9.17, 15) is 0 Å². The zero-order valence-corrected chi connectivity index (χ0v) is 15.2. The number of nitrogens with zero attached hydrogens (tertiary/aromatic N) is 5. The number of anilines is 3. The van der Waals surface area contributed by atoms with Crippen molar-refractivity contribution in [3.05, 3.63) is 60.7 Å². The Bertz CT molecular complexity index is 1290. The van der Waals surface area contributed by atoms with E-state index in [0.29, 0.717) is 17.3 Å². The van der Waals surface area contributed by atoms with Crippen molar-refractivity contribution in [1.82, 2.24) is 24.5 Å². The quantitative estimate of drug-likeness (QED) is 0.495. The number of hydrogen-bond acceptors (Lipinski definition) is 7. The smallest absolute Gasteiger partial charge is 0.189 e. The number of aromatic nitrogens is 5. The van der Waals surface area contributed by atoms with Crippen LogP contribution in [0.25, 0.3) is 27.1 Å². The topological polar surface area (TPSA) is 94.5 Å². The normalized spacial score (nSPS) is 11.3. The summed E-state index contributed by atoms with van der Waals surface area (Å²) in [5.41, 5.74) is 10.8. The summed E-state index contributed by atoms with van der Waals surface area (Å²) in [7, 11) is 0. The largest absolute Gasteiger partial charge is 0.393 e. The summed E-state index contributed by atoms with van der Waals surface area (Å²) in [6, 6.07) is 14.0. The van der Waals surface area contributed by atoms with E-state index in [1.165, 1.54) is 11.9 Å². The average Bonchev–Trinajstić information content (AvgIpc) is 3.27. The van der Waals surface area contributed by atoms with Crippen LogP contribution >= 0.6 is 11.3 Å². The lowest BCUT2D eigenvalue weighted by Gasteiger charge is -2.10. The fourth-order valence-electron chi connectivity index (χ4n) is 2.99. The number of hydrogen-bond donors (Lipinski definition) is 2. The van der Waals surface area contributed by atoms with E-state index in [2.05, 4.69) is 38.2 Å². The molecule has 0 spiro atoms. The number of nitrogen functional groups attached to an aromatic ring is 1. The second-order valence-electron chi connectivity index (χ2n) is 6.18. The first-order valence-electron chi connectivity index (χ1n) is 8.36. The number of fused-ring (bicyclic) bond motifs is 2. The second-order valence-corrected chi connectivity index (χ2v) is 7.21. The molecule has 7 nitrogen and oxygen atoms in total. The Morgan fingerprint density at radius 2 is 1.93 bits per heavy atom. The predicted molar refractivity (Wildman–Crippen MR) is 109 cm³/mol. The third-order valence-electron chi connectivity index (χ3n) is 4.31. The van der Waals surface area contributed by atoms with Crippen LogP contribution in [0.3, 0.4) is 0 Å². The van der Waals surface area contributed by atoms with Crippen molar-refractivity contribution in [2.75, 3.05) is 11.1 Å². The molecule has 0 saturated carbocycles. The van der Waals surface area contributed by atoms with E-state index >= 15 is 0 Å². The van der Waals surface area contributed by atoms with E-state index in [1.807, 2.05) is 41.0 Å². The SMILES string of the molecule is Cc1ccc2nc(Nc3ncnc(-n4cnc5ccccc54)c3N)sc2c1. The van der Waals surface area contributed by atoms with Crippen molar-refractivity contribution in [3.63, 3.8) is 0 Å². The lowest BCUT2D eigenvalue weighted by atomic mass is 10.2. The minimum absolute atomic E-state index is 0.441. The molecule has 0 saturated heterocycles. The van der Waals surface area contributed by atoms with Crippen molar-refractivity contribution in [1.29, 1.82) is 0 Å². The maximum atomic E-state index is 6.37. The molecule has 0 radical (unpaired) electrons. The molecule has 0 amide bonds. The summed E-state index contributed by atoms with van der Waals surface area (Å²) in [5.74, 6) is 1.10. The molecule has 8 heteroatoms. The highest BCUT2D eigenvalue weighted by Gasteiger charge is 2.14. The van der Waals surface area contributed by atoms with Crippen LogP contribution in [-0.2, 0) is 0 Å². The van der Waals surface area contributed by atoms with E-state index in [-0.39, 0.29) is 0 Å². The molecule has 2 aromatic carbocycles. The van der Waals surface area contributed by atoms with Crippen molar-refractivity contribution in [2.24, 2.45) is 0 Å². The van der Waals surface area contributed by atoms with Gasteiger partial charge in [0.15, 0.2) is 16.8 Å². The fraction of sp³-hybridized carbons (Fsp3) is 0.0526. The van der Waals surface area contributed by atoms with Crippen molar-refractivity contribution < 1.29 is 0 Å². The summed E-state index contributed by atoms with van der Waals surface area (Å²) in [4.78, 5) is 17.7. The summed E-state index contributed by atoms with van der Waals surface area (Å²) >= 11 is 1.56. The highest BCUT2D eigenvalue weighted by atomic mass is 32.1. The summed E-state index contributed by atoms with van der Waals surface area (Å²) in [6.45, 7) is 2.07. The van der Waals surface area contributed by atoms with Gasteiger partial charge in [-0.3, -0.25) is 4.57 Å². The lowest BCUT2D eigenvalue weighted by Crippen LogP contribution is -2.07. The summed E-state index contributed by atoms with van der Waals surface area (Å²) in [6.07, 6.45) is 3.20. The molecule has 3 aromatic heterocycles. The van der Waals surface area contributed by atoms with Crippen LogP contribution in [0.4, 0.5) is 16.6 Å². The fourth-order valence-corrected chi connectivity index (χ4v) is 3.96. The molecule has 0 atom stereocenters. The molecule has 3 N–H and O–H groups in total. The molecule has 0 bridgehead atoms. The van der Waals surface area contributed by atoms with E-state index in [4.69, 9.17) is 5.73 Å². The van der Waals surface area contributed by atoms with Gasteiger partial charge in [-0.05, 0) is 36.8 Å². The van der Waals surface area contributed by atoms with Crippen molar-refractivity contribution in [2.45, 2.75) is 6.92 Å². The number of rotatable bonds is 3. The van der Waals surface area contributed by atoms with Gasteiger partial charge in [-0.2, -0.15) is 0 Å². The molecular formula is C19H15N7S. The molecule has 132 valence electrons. The lowest BCUT2D eigenvalue weighted by molar-refractivity contribution is 1.00. The van der Waals surface area contributed by atoms with Crippen LogP contribution < -0.4 is 11.1 Å². The third kappa shape index (κ3) is 2.67. The van der Waals surface area contributed by atoms with Gasteiger partial charge >= 0.3 is 0 Å². The highest BCUT2D eigenvalue weighted by Crippen LogP contribution is 2.31. The van der Waals surface area contributed by atoms with Gasteiger partial charge in [-0.15, -0.1) is 0 Å². The Morgan fingerprint density at radius 3 is 2.85 bits per heavy atom. The molecule has 5 rings (SSSR count). The van der Waals surface area contributed by atoms with E-state index < -0.39 is 0 Å². The molecular weight excluding hydrogens is 358 g/mol. The number of para-hydroxylation sites is 2. The van der Waals surface area contributed by atoms with Gasteiger partial charge < -0.3 is 11.1 Å². The maximum absolute atomic E-state index is 6.37. The van der Waals surface area contributed by atoms with E-state index in [1.54, 1.807) is 17.7 Å². The van der Waals surface area contributed by atoms with Crippen molar-refractivity contribution in [3.8, 4) is 5.82 Å². The Hall–Kier alpha value is -3.52. The zero-order valence-electron chi connectivity index (χ0n) is 14.4. The zero-order chi connectivity index (χ0) is 18.4. The van der Waals surface area contributed by atoms with Crippen LogP contribution in [0, 0.1) is 6.92 Å². The molecule has 0 unspecified atom stereocenters. The van der Waals surface area contributed by atoms with Gasteiger partial charge in [0.05, 0.1) is 21.3 Å². The summed E-state index contributed by atoms with van der Waals surface area (Å²) in [5, 5.41) is 3.97. The van der Waals surface area contributed by atoms with Gasteiger partial charge in [0.2, 0.25) is 0 Å². The standard InChI is InChI=1S/C19H15N7S/c1-11-6-7-13-15(8-11)27-19(24-13)25-17-16(20)18(22-9-21-17)26-10-23-12-4-2-3-5-14(12)26/h2-10H,20H2,1H3,(H,21,22,24,25). The van der Waals surface area contributed by atoms with Crippen LogP contribution in [0.1, 0.15) is 5.56 Å². The molecule has 0 aliphatic heterocycles. The van der Waals surface area contributed by atoms with Crippen LogP contribution in [0.2, 0.25) is 0 Å². The van der Waals surface area contributed by atoms with Gasteiger partial charge in [-0.25, -0.2) is 19.9 Å². The van der Waals surface area contributed by atoms with Gasteiger partial charge in [0.25, 0.3) is 0 Å². The number of thiazole rings is 1. The van der Waals surface area contributed by atoms with Crippen LogP contribution in [-0.4, -0.2) is 24.5 Å². The second kappa shape index (κ2) is 6.03. The first kappa shape index (κ1) is 15.7. The Morgan fingerprint density at radius 1 is 1.04 bits per heavy atom. The van der Waals surface area contributed by atoms with Gasteiger partial charge in [0, 0.05) is 0 Å². The average molecular weight is 373 g/mol. The highest BCUT2D eigenvalue weighted by molar-refractivity contribution is 7.22. The number of nitrogens with two attached hydrogens (primary N) is 1. The molecule has 0 aliphatic rings. The first-order valence-corrected chi connectivity index (χ1v) is 9.18. The number of benzene rings is 2. The maximum Gasteiger partial charge on any atom is 0.189 e. The third-order valence-corrected chi connectivity index (χ3v) is 5.25. The van der Waals surface area contributed by atoms with Crippen LogP contribution in [0.5, 0.6) is 0 Å². The molecule has 0 aliphatic carbocycles. The van der Waals surface area contributed by atoms with Crippen molar-refractivity contribution >= 4 is 49.2 Å². The molecule has 5 aromatic rings. The minimum atomic E-state index is 0.441. The molecule has 27 heavy (non-hydrogen) atoms. The predicted octanol–water partition coefficient (Wildman–Crippen LogP) is 4.06. The van der Waals surface area contributed by atoms with Gasteiger partial charge in [-0.1, -0.05) is 29.5 Å². The van der Waals surface area contributed by atoms with Gasteiger partial charge in [0.1, 0.15) is 18.3 Å². The number of nitrogens with one attached hydrogen (secondary N) is 1. The minimum Gasteiger partial charge on any atom is -0.393 e. The van der Waals surface area contributed by atoms with Crippen LogP contribution in [0.15, 0.2) is 55.1 Å². The Kier molecular flexibility index (Phi) is 3.51. The summed E-state index contributed by atoms with van der Waals surface area (Å²) < 4.78 is 2.98. The Labute approximate surface area is 158 Å². The molecule has 0 fully saturated rings. The Balaban J connectivity index is 1.56. The number of aryl methyl sites for hydroxylation is 1. The molecule has 3 heterocycles. The van der Waals surface area contributed by atoms with E-state index in [0.717, 1.165) is 26.4 Å². The monoisotopic (exact) mass is 373 g/mol.